The average molecular weight is 565 g/mol. The van der Waals surface area contributed by atoms with Crippen LogP contribution in [0.1, 0.15) is 17.5 Å². The molecular formula is C20H28IN3O4S2. The van der Waals surface area contributed by atoms with E-state index in [9.17, 15) is 16.8 Å². The van der Waals surface area contributed by atoms with E-state index in [4.69, 9.17) is 0 Å². The summed E-state index contributed by atoms with van der Waals surface area (Å²) in [5.41, 5.74) is 1.62. The van der Waals surface area contributed by atoms with Gasteiger partial charge in [0.25, 0.3) is 0 Å². The SMILES string of the molecule is CN=C(NCCCS(=O)(=O)c1ccccc1)NCc1ccc(S(C)(=O)=O)c(C)c1.I. The van der Waals surface area contributed by atoms with Gasteiger partial charge >= 0.3 is 0 Å². The summed E-state index contributed by atoms with van der Waals surface area (Å²) < 4.78 is 47.9. The summed E-state index contributed by atoms with van der Waals surface area (Å²) in [6.45, 7) is 2.69. The van der Waals surface area contributed by atoms with Crippen molar-refractivity contribution in [2.45, 2.75) is 29.7 Å². The molecule has 0 amide bonds. The van der Waals surface area contributed by atoms with Crippen LogP contribution >= 0.6 is 24.0 Å². The number of nitrogens with one attached hydrogen (secondary N) is 2. The molecule has 2 rings (SSSR count). The van der Waals surface area contributed by atoms with Gasteiger partial charge in [-0.25, -0.2) is 16.8 Å². The average Bonchev–Trinajstić information content (AvgIpc) is 2.67. The van der Waals surface area contributed by atoms with Gasteiger partial charge in [0.05, 0.1) is 15.5 Å². The van der Waals surface area contributed by atoms with Crippen molar-refractivity contribution in [2.75, 3.05) is 25.6 Å². The highest BCUT2D eigenvalue weighted by atomic mass is 127. The van der Waals surface area contributed by atoms with E-state index in [0.29, 0.717) is 40.8 Å². The second kappa shape index (κ2) is 11.7. The first kappa shape index (κ1) is 26.4. The number of benzene rings is 2. The lowest BCUT2D eigenvalue weighted by atomic mass is 10.1. The Morgan fingerprint density at radius 1 is 1.00 bits per heavy atom. The van der Waals surface area contributed by atoms with Crippen molar-refractivity contribution in [3.63, 3.8) is 0 Å². The van der Waals surface area contributed by atoms with Crippen molar-refractivity contribution < 1.29 is 16.8 Å². The fraction of sp³-hybridized carbons (Fsp3) is 0.350. The molecule has 0 saturated carbocycles. The maximum absolute atomic E-state index is 12.3. The van der Waals surface area contributed by atoms with Gasteiger partial charge in [-0.15, -0.1) is 24.0 Å². The maximum atomic E-state index is 12.3. The van der Waals surface area contributed by atoms with Crippen molar-refractivity contribution >= 4 is 49.6 Å². The van der Waals surface area contributed by atoms with Gasteiger partial charge < -0.3 is 10.6 Å². The van der Waals surface area contributed by atoms with Crippen LogP contribution in [0.25, 0.3) is 0 Å². The van der Waals surface area contributed by atoms with E-state index in [1.54, 1.807) is 56.4 Å². The van der Waals surface area contributed by atoms with Gasteiger partial charge in [0, 0.05) is 26.4 Å². The van der Waals surface area contributed by atoms with Crippen molar-refractivity contribution in [2.24, 2.45) is 4.99 Å². The van der Waals surface area contributed by atoms with Gasteiger partial charge in [-0.1, -0.05) is 30.3 Å². The number of aryl methyl sites for hydroxylation is 1. The lowest BCUT2D eigenvalue weighted by Gasteiger charge is -2.13. The number of aliphatic imine (C=N–C) groups is 1. The van der Waals surface area contributed by atoms with Gasteiger partial charge in [-0.05, 0) is 42.7 Å². The Hall–Kier alpha value is -1.66. The van der Waals surface area contributed by atoms with E-state index in [0.717, 1.165) is 5.56 Å². The summed E-state index contributed by atoms with van der Waals surface area (Å²) in [7, 11) is -4.90. The topological polar surface area (TPSA) is 105 Å². The Bertz CT molecular complexity index is 1070. The molecule has 2 aromatic rings. The molecule has 0 atom stereocenters. The van der Waals surface area contributed by atoms with Crippen LogP contribution in [-0.2, 0) is 26.2 Å². The van der Waals surface area contributed by atoms with Crippen LogP contribution in [0.5, 0.6) is 0 Å². The van der Waals surface area contributed by atoms with Crippen molar-refractivity contribution in [3.8, 4) is 0 Å². The number of rotatable bonds is 8. The Balaban J connectivity index is 0.00000450. The van der Waals surface area contributed by atoms with Gasteiger partial charge in [-0.3, -0.25) is 4.99 Å². The van der Waals surface area contributed by atoms with Gasteiger partial charge in [0.1, 0.15) is 0 Å². The van der Waals surface area contributed by atoms with Gasteiger partial charge in [-0.2, -0.15) is 0 Å². The number of hydrogen-bond acceptors (Lipinski definition) is 5. The Morgan fingerprint density at radius 3 is 2.23 bits per heavy atom. The first-order valence-electron chi connectivity index (χ1n) is 9.15. The van der Waals surface area contributed by atoms with Gasteiger partial charge in [0.2, 0.25) is 0 Å². The standard InChI is InChI=1S/C20H27N3O4S2.HI/c1-16-14-17(10-11-19(16)28(3,24)25)15-23-20(21-2)22-12-7-13-29(26,27)18-8-5-4-6-9-18;/h4-6,8-11,14H,7,12-13,15H2,1-3H3,(H2,21,22,23);1H. The fourth-order valence-corrected chi connectivity index (χ4v) is 5.15. The minimum atomic E-state index is -3.29. The summed E-state index contributed by atoms with van der Waals surface area (Å²) in [5.74, 6) is 0.597. The number of nitrogens with zero attached hydrogens (tertiary/aromatic N) is 1. The molecule has 10 heteroatoms. The largest absolute Gasteiger partial charge is 0.356 e. The predicted octanol–water partition coefficient (Wildman–Crippen LogP) is 2.55. The summed E-state index contributed by atoms with van der Waals surface area (Å²) >= 11 is 0. The zero-order valence-electron chi connectivity index (χ0n) is 17.3. The van der Waals surface area contributed by atoms with Crippen LogP contribution in [0.15, 0.2) is 63.3 Å². The van der Waals surface area contributed by atoms with Crippen LogP contribution in [0.2, 0.25) is 0 Å². The number of guanidine groups is 1. The summed E-state index contributed by atoms with van der Waals surface area (Å²) in [6, 6.07) is 13.6. The molecule has 166 valence electrons. The molecule has 0 aliphatic rings. The molecule has 0 aliphatic heterocycles. The zero-order valence-corrected chi connectivity index (χ0v) is 21.2. The lowest BCUT2D eigenvalue weighted by molar-refractivity contribution is 0.592. The summed E-state index contributed by atoms with van der Waals surface area (Å²) in [4.78, 5) is 4.78. The molecule has 0 bridgehead atoms. The van der Waals surface area contributed by atoms with E-state index in [1.165, 1.54) is 6.26 Å². The second-order valence-electron chi connectivity index (χ2n) is 6.71. The van der Waals surface area contributed by atoms with E-state index >= 15 is 0 Å². The van der Waals surface area contributed by atoms with Crippen LogP contribution in [-0.4, -0.2) is 48.4 Å². The smallest absolute Gasteiger partial charge is 0.191 e. The zero-order chi connectivity index (χ0) is 21.5. The molecule has 0 fully saturated rings. The van der Waals surface area contributed by atoms with Crippen LogP contribution in [0, 0.1) is 6.92 Å². The van der Waals surface area contributed by atoms with Crippen LogP contribution in [0.4, 0.5) is 0 Å². The van der Waals surface area contributed by atoms with Crippen molar-refractivity contribution in [1.82, 2.24) is 10.6 Å². The molecule has 0 spiro atoms. The van der Waals surface area contributed by atoms with E-state index < -0.39 is 19.7 Å². The third kappa shape index (κ3) is 7.88. The number of halogens is 1. The third-order valence-corrected chi connectivity index (χ3v) is 7.38. The maximum Gasteiger partial charge on any atom is 0.191 e. The number of hydrogen-bond donors (Lipinski definition) is 2. The summed E-state index contributed by atoms with van der Waals surface area (Å²) in [5, 5.41) is 6.23. The molecule has 0 aliphatic carbocycles. The molecule has 0 radical (unpaired) electrons. The molecule has 2 N–H and O–H groups in total. The van der Waals surface area contributed by atoms with Crippen molar-refractivity contribution in [1.29, 1.82) is 0 Å². The Morgan fingerprint density at radius 2 is 1.67 bits per heavy atom. The highest BCUT2D eigenvalue weighted by molar-refractivity contribution is 14.0. The molecule has 0 unspecified atom stereocenters. The molecule has 2 aromatic carbocycles. The molecule has 30 heavy (non-hydrogen) atoms. The van der Waals surface area contributed by atoms with E-state index in [1.807, 2.05) is 6.07 Å². The summed E-state index contributed by atoms with van der Waals surface area (Å²) in [6.07, 6.45) is 1.64. The molecule has 7 nitrogen and oxygen atoms in total. The lowest BCUT2D eigenvalue weighted by Crippen LogP contribution is -2.37. The minimum Gasteiger partial charge on any atom is -0.356 e. The fourth-order valence-electron chi connectivity index (χ4n) is 2.86. The van der Waals surface area contributed by atoms with E-state index in [-0.39, 0.29) is 29.7 Å². The Kier molecular flexibility index (Phi) is 10.2. The van der Waals surface area contributed by atoms with Crippen LogP contribution in [0.3, 0.4) is 0 Å². The third-order valence-electron chi connectivity index (χ3n) is 4.31. The van der Waals surface area contributed by atoms with Crippen LogP contribution < -0.4 is 10.6 Å². The highest BCUT2D eigenvalue weighted by Gasteiger charge is 2.13. The molecular weight excluding hydrogens is 537 g/mol. The van der Waals surface area contributed by atoms with E-state index in [2.05, 4.69) is 15.6 Å². The molecule has 0 aromatic heterocycles. The predicted molar refractivity (Wildman–Crippen MR) is 131 cm³/mol. The highest BCUT2D eigenvalue weighted by Crippen LogP contribution is 2.16. The quantitative estimate of drug-likeness (QED) is 0.221. The first-order chi connectivity index (χ1) is 13.6. The van der Waals surface area contributed by atoms with Crippen molar-refractivity contribution in [3.05, 3.63) is 59.7 Å². The Labute approximate surface area is 196 Å². The normalized spacial score (nSPS) is 12.2. The van der Waals surface area contributed by atoms with Gasteiger partial charge in [0.15, 0.2) is 25.6 Å². The molecule has 0 saturated heterocycles. The second-order valence-corrected chi connectivity index (χ2v) is 10.8. The number of sulfone groups is 2. The first-order valence-corrected chi connectivity index (χ1v) is 12.7. The minimum absolute atomic E-state index is 0. The molecule has 0 heterocycles. The monoisotopic (exact) mass is 565 g/mol.